The second-order valence-corrected chi connectivity index (χ2v) is 13.3. The van der Waals surface area contributed by atoms with Crippen molar-refractivity contribution in [3.05, 3.63) is 145 Å². The van der Waals surface area contributed by atoms with Gasteiger partial charge >= 0.3 is 0 Å². The number of fused-ring (bicyclic) bond motifs is 3. The molecular formula is C44H32O. The lowest BCUT2D eigenvalue weighted by molar-refractivity contribution is 0.573. The second-order valence-electron chi connectivity index (χ2n) is 13.3. The highest BCUT2D eigenvalue weighted by Gasteiger charge is 2.22. The molecule has 0 spiro atoms. The van der Waals surface area contributed by atoms with Gasteiger partial charge in [0.2, 0.25) is 0 Å². The van der Waals surface area contributed by atoms with Crippen molar-refractivity contribution in [3.8, 4) is 33.4 Å². The minimum Gasteiger partial charge on any atom is -0.455 e. The zero-order valence-electron chi connectivity index (χ0n) is 25.7. The fourth-order valence-electron chi connectivity index (χ4n) is 7.39. The molecule has 0 aliphatic heterocycles. The summed E-state index contributed by atoms with van der Waals surface area (Å²) >= 11 is 0. The first-order valence-electron chi connectivity index (χ1n) is 15.8. The molecule has 9 aromatic rings. The lowest BCUT2D eigenvalue weighted by atomic mass is 9.86. The minimum absolute atomic E-state index is 0.00100. The van der Waals surface area contributed by atoms with Gasteiger partial charge in [-0.05, 0) is 65.5 Å². The van der Waals surface area contributed by atoms with Gasteiger partial charge in [0.05, 0.1) is 0 Å². The third-order valence-corrected chi connectivity index (χ3v) is 9.59. The normalized spacial score (nSPS) is 12.3. The molecule has 0 bridgehead atoms. The van der Waals surface area contributed by atoms with Crippen molar-refractivity contribution >= 4 is 54.3 Å². The van der Waals surface area contributed by atoms with Crippen LogP contribution >= 0.6 is 0 Å². The Kier molecular flexibility index (Phi) is 5.53. The van der Waals surface area contributed by atoms with Gasteiger partial charge in [-0.15, -0.1) is 0 Å². The van der Waals surface area contributed by atoms with Gasteiger partial charge in [0, 0.05) is 21.9 Å². The number of hydrogen-bond donors (Lipinski definition) is 0. The molecule has 0 atom stereocenters. The van der Waals surface area contributed by atoms with E-state index in [1.165, 1.54) is 70.9 Å². The smallest absolute Gasteiger partial charge is 0.143 e. The van der Waals surface area contributed by atoms with Crippen LogP contribution in [0.15, 0.2) is 144 Å². The fourth-order valence-corrected chi connectivity index (χ4v) is 7.39. The highest BCUT2D eigenvalue weighted by atomic mass is 16.3. The summed E-state index contributed by atoms with van der Waals surface area (Å²) < 4.78 is 6.67. The molecule has 0 saturated heterocycles. The van der Waals surface area contributed by atoms with Crippen LogP contribution in [-0.4, -0.2) is 0 Å². The standard InChI is InChI=1S/C44H32O/c1-44(2,3)39-14-8-13-38-37-12-7-11-34(42(37)45-43(38)39)29-17-15-28(16-18-29)33-24-20-31-21-25-35-32(27-9-5-4-6-10-27)23-19-30-22-26-36(33)41(31)40(30)35/h4-26H,1-3H3. The predicted octanol–water partition coefficient (Wildman–Crippen LogP) is 12.8. The Morgan fingerprint density at radius 1 is 0.378 bits per heavy atom. The maximum absolute atomic E-state index is 6.67. The van der Waals surface area contributed by atoms with E-state index in [1.807, 2.05) is 0 Å². The summed E-state index contributed by atoms with van der Waals surface area (Å²) in [6.45, 7) is 6.74. The largest absolute Gasteiger partial charge is 0.455 e. The lowest BCUT2D eigenvalue weighted by Gasteiger charge is -2.18. The molecule has 0 N–H and O–H groups in total. The van der Waals surface area contributed by atoms with E-state index >= 15 is 0 Å². The summed E-state index contributed by atoms with van der Waals surface area (Å²) in [5.74, 6) is 0. The van der Waals surface area contributed by atoms with Crippen molar-refractivity contribution in [1.29, 1.82) is 0 Å². The second kappa shape index (κ2) is 9.55. The molecule has 214 valence electrons. The number of hydrogen-bond acceptors (Lipinski definition) is 1. The summed E-state index contributed by atoms with van der Waals surface area (Å²) in [5.41, 5.74) is 10.5. The maximum atomic E-state index is 6.67. The first-order valence-corrected chi connectivity index (χ1v) is 15.8. The first-order chi connectivity index (χ1) is 22.0. The Morgan fingerprint density at radius 3 is 1.49 bits per heavy atom. The molecule has 0 saturated carbocycles. The predicted molar refractivity (Wildman–Crippen MR) is 192 cm³/mol. The van der Waals surface area contributed by atoms with Crippen molar-refractivity contribution in [3.63, 3.8) is 0 Å². The number of para-hydroxylation sites is 2. The van der Waals surface area contributed by atoms with Gasteiger partial charge in [0.1, 0.15) is 11.2 Å². The summed E-state index contributed by atoms with van der Waals surface area (Å²) in [4.78, 5) is 0. The van der Waals surface area contributed by atoms with Crippen LogP contribution < -0.4 is 0 Å². The van der Waals surface area contributed by atoms with E-state index in [-0.39, 0.29) is 5.41 Å². The molecule has 1 heterocycles. The van der Waals surface area contributed by atoms with E-state index in [9.17, 15) is 0 Å². The van der Waals surface area contributed by atoms with E-state index in [1.54, 1.807) is 0 Å². The summed E-state index contributed by atoms with van der Waals surface area (Å²) in [5, 5.41) is 10.2. The third-order valence-electron chi connectivity index (χ3n) is 9.59. The van der Waals surface area contributed by atoms with Gasteiger partial charge in [-0.3, -0.25) is 0 Å². The average molecular weight is 577 g/mol. The van der Waals surface area contributed by atoms with E-state index < -0.39 is 0 Å². The van der Waals surface area contributed by atoms with Crippen LogP contribution in [0.1, 0.15) is 26.3 Å². The van der Waals surface area contributed by atoms with Crippen LogP contribution in [0.3, 0.4) is 0 Å². The third kappa shape index (κ3) is 3.94. The summed E-state index contributed by atoms with van der Waals surface area (Å²) in [6, 6.07) is 51.0. The zero-order valence-corrected chi connectivity index (χ0v) is 25.7. The highest BCUT2D eigenvalue weighted by Crippen LogP contribution is 2.43. The van der Waals surface area contributed by atoms with Crippen LogP contribution in [0.4, 0.5) is 0 Å². The molecule has 1 nitrogen and oxygen atoms in total. The van der Waals surface area contributed by atoms with Crippen LogP contribution in [0, 0.1) is 0 Å². The van der Waals surface area contributed by atoms with Crippen molar-refractivity contribution < 1.29 is 4.42 Å². The maximum Gasteiger partial charge on any atom is 0.143 e. The Labute approximate surface area is 262 Å². The van der Waals surface area contributed by atoms with E-state index in [0.717, 1.165) is 22.3 Å². The first kappa shape index (κ1) is 26.0. The van der Waals surface area contributed by atoms with E-state index in [0.29, 0.717) is 0 Å². The van der Waals surface area contributed by atoms with Crippen LogP contribution in [0.25, 0.3) is 87.6 Å². The molecule has 0 amide bonds. The van der Waals surface area contributed by atoms with Gasteiger partial charge in [0.25, 0.3) is 0 Å². The van der Waals surface area contributed by atoms with Gasteiger partial charge < -0.3 is 4.42 Å². The molecule has 0 fully saturated rings. The monoisotopic (exact) mass is 576 g/mol. The topological polar surface area (TPSA) is 13.1 Å². The van der Waals surface area contributed by atoms with Gasteiger partial charge in [-0.2, -0.15) is 0 Å². The van der Waals surface area contributed by atoms with Crippen LogP contribution in [0.2, 0.25) is 0 Å². The van der Waals surface area contributed by atoms with Crippen molar-refractivity contribution in [2.75, 3.05) is 0 Å². The average Bonchev–Trinajstić information content (AvgIpc) is 3.46. The molecule has 0 aliphatic rings. The highest BCUT2D eigenvalue weighted by molar-refractivity contribution is 6.27. The van der Waals surface area contributed by atoms with Crippen molar-refractivity contribution in [1.82, 2.24) is 0 Å². The molecule has 0 unspecified atom stereocenters. The van der Waals surface area contributed by atoms with Gasteiger partial charge in [0.15, 0.2) is 0 Å². The molecule has 0 aliphatic carbocycles. The van der Waals surface area contributed by atoms with E-state index in [4.69, 9.17) is 4.42 Å². The lowest BCUT2D eigenvalue weighted by Crippen LogP contribution is -2.10. The zero-order chi connectivity index (χ0) is 30.3. The summed E-state index contributed by atoms with van der Waals surface area (Å²) in [7, 11) is 0. The fraction of sp³-hybridized carbons (Fsp3) is 0.0909. The Bertz CT molecular complexity index is 2540. The van der Waals surface area contributed by atoms with Crippen molar-refractivity contribution in [2.45, 2.75) is 26.2 Å². The molecule has 8 aromatic carbocycles. The van der Waals surface area contributed by atoms with E-state index in [2.05, 4.69) is 160 Å². The van der Waals surface area contributed by atoms with Gasteiger partial charge in [-0.25, -0.2) is 0 Å². The minimum atomic E-state index is -0.00100. The van der Waals surface area contributed by atoms with Crippen LogP contribution in [-0.2, 0) is 5.41 Å². The molecule has 1 aromatic heterocycles. The molecule has 9 rings (SSSR count). The van der Waals surface area contributed by atoms with Crippen molar-refractivity contribution in [2.24, 2.45) is 0 Å². The number of furan rings is 1. The molecule has 0 radical (unpaired) electrons. The number of benzene rings is 8. The summed E-state index contributed by atoms with van der Waals surface area (Å²) in [6.07, 6.45) is 0. The molecular weight excluding hydrogens is 544 g/mol. The van der Waals surface area contributed by atoms with Crippen LogP contribution in [0.5, 0.6) is 0 Å². The molecule has 45 heavy (non-hydrogen) atoms. The van der Waals surface area contributed by atoms with Gasteiger partial charge in [-0.1, -0.05) is 160 Å². The Balaban J connectivity index is 1.19. The number of rotatable bonds is 3. The quantitative estimate of drug-likeness (QED) is 0.191. The SMILES string of the molecule is CC(C)(C)c1cccc2c1oc1c(-c3ccc(-c4ccc5ccc6c(-c7ccccc7)ccc7ccc4c5c76)cc3)cccc12. The molecule has 1 heteroatoms. The Morgan fingerprint density at radius 2 is 0.889 bits per heavy atom. The Hall–Kier alpha value is -5.40.